The Morgan fingerprint density at radius 1 is 1.26 bits per heavy atom. The van der Waals surface area contributed by atoms with E-state index < -0.39 is 0 Å². The van der Waals surface area contributed by atoms with Gasteiger partial charge in [-0.3, -0.25) is 9.69 Å². The molecule has 2 heterocycles. The Hall–Kier alpha value is -1.50. The number of rotatable bonds is 3. The van der Waals surface area contributed by atoms with Crippen LogP contribution >= 0.6 is 11.6 Å². The Bertz CT molecular complexity index is 573. The van der Waals surface area contributed by atoms with Crippen molar-refractivity contribution in [2.24, 2.45) is 0 Å². The largest absolute Gasteiger partial charge is 0.490 e. The van der Waals surface area contributed by atoms with Crippen molar-refractivity contribution >= 4 is 23.2 Å². The van der Waals surface area contributed by atoms with Gasteiger partial charge in [0.1, 0.15) is 0 Å². The summed E-state index contributed by atoms with van der Waals surface area (Å²) in [5.41, 5.74) is 0.526. The second-order valence-corrected chi connectivity index (χ2v) is 6.29. The maximum Gasteiger partial charge on any atom is 0.238 e. The summed E-state index contributed by atoms with van der Waals surface area (Å²) in [5.74, 6) is 1.08. The molecule has 1 aromatic carbocycles. The number of aliphatic hydroxyl groups is 1. The van der Waals surface area contributed by atoms with Crippen molar-refractivity contribution in [3.63, 3.8) is 0 Å². The van der Waals surface area contributed by atoms with E-state index >= 15 is 0 Å². The number of hydrogen-bond donors (Lipinski definition) is 2. The predicted octanol–water partition coefficient (Wildman–Crippen LogP) is 1.90. The summed E-state index contributed by atoms with van der Waals surface area (Å²) in [6.45, 7) is 2.92. The van der Waals surface area contributed by atoms with Crippen molar-refractivity contribution in [2.75, 3.05) is 38.2 Å². The normalized spacial score (nSPS) is 19.2. The summed E-state index contributed by atoms with van der Waals surface area (Å²) >= 11 is 6.22. The number of aliphatic hydroxyl groups excluding tert-OH is 1. The lowest BCUT2D eigenvalue weighted by Gasteiger charge is -2.28. The highest BCUT2D eigenvalue weighted by atomic mass is 35.5. The molecule has 1 fully saturated rings. The van der Waals surface area contributed by atoms with Crippen LogP contribution < -0.4 is 14.8 Å². The topological polar surface area (TPSA) is 71.0 Å². The first-order valence-corrected chi connectivity index (χ1v) is 8.29. The summed E-state index contributed by atoms with van der Waals surface area (Å²) in [4.78, 5) is 14.2. The molecule has 2 N–H and O–H groups in total. The molecule has 0 atom stereocenters. The second kappa shape index (κ2) is 7.38. The van der Waals surface area contributed by atoms with Crippen molar-refractivity contribution in [1.29, 1.82) is 0 Å². The van der Waals surface area contributed by atoms with Gasteiger partial charge in [-0.05, 0) is 12.8 Å². The average Bonchev–Trinajstić information content (AvgIpc) is 2.75. The zero-order valence-corrected chi connectivity index (χ0v) is 13.6. The first kappa shape index (κ1) is 16.4. The predicted molar refractivity (Wildman–Crippen MR) is 87.4 cm³/mol. The minimum atomic E-state index is -0.245. The van der Waals surface area contributed by atoms with Gasteiger partial charge >= 0.3 is 0 Å². The molecular weight excluding hydrogens is 320 g/mol. The lowest BCUT2D eigenvalue weighted by molar-refractivity contribution is -0.117. The number of ether oxygens (including phenoxy) is 2. The molecule has 0 aliphatic carbocycles. The summed E-state index contributed by atoms with van der Waals surface area (Å²) < 4.78 is 11.2. The highest BCUT2D eigenvalue weighted by Gasteiger charge is 2.20. The summed E-state index contributed by atoms with van der Waals surface area (Å²) in [6, 6.07) is 3.38. The van der Waals surface area contributed by atoms with E-state index in [4.69, 9.17) is 21.1 Å². The standard InChI is InChI=1S/C16H21ClN2O4/c17-12-8-14-15(23-7-1-6-22-14)9-13(12)18-16(21)10-19-4-2-11(20)3-5-19/h8-9,11,20H,1-7,10H2,(H,18,21). The molecule has 0 radical (unpaired) electrons. The van der Waals surface area contributed by atoms with Gasteiger partial charge in [-0.15, -0.1) is 0 Å². The van der Waals surface area contributed by atoms with E-state index in [-0.39, 0.29) is 18.6 Å². The molecule has 7 heteroatoms. The van der Waals surface area contributed by atoms with Crippen molar-refractivity contribution in [3.8, 4) is 11.5 Å². The third-order valence-electron chi connectivity index (χ3n) is 4.04. The van der Waals surface area contributed by atoms with Crippen LogP contribution in [0, 0.1) is 0 Å². The number of fused-ring (bicyclic) bond motifs is 1. The van der Waals surface area contributed by atoms with Crippen molar-refractivity contribution in [3.05, 3.63) is 17.2 Å². The zero-order valence-electron chi connectivity index (χ0n) is 12.9. The maximum absolute atomic E-state index is 12.2. The third-order valence-corrected chi connectivity index (χ3v) is 4.35. The van der Waals surface area contributed by atoms with E-state index in [0.717, 1.165) is 19.5 Å². The number of carbonyl (C=O) groups is 1. The zero-order chi connectivity index (χ0) is 16.2. The van der Waals surface area contributed by atoms with Gasteiger partial charge in [0.05, 0.1) is 36.6 Å². The Morgan fingerprint density at radius 2 is 1.91 bits per heavy atom. The van der Waals surface area contributed by atoms with Crippen LogP contribution in [0.5, 0.6) is 11.5 Å². The summed E-state index contributed by atoms with van der Waals surface area (Å²) in [5, 5.41) is 12.8. The van der Waals surface area contributed by atoms with Gasteiger partial charge in [-0.25, -0.2) is 0 Å². The van der Waals surface area contributed by atoms with E-state index in [2.05, 4.69) is 5.32 Å². The smallest absolute Gasteiger partial charge is 0.238 e. The van der Waals surface area contributed by atoms with Crippen LogP contribution in [0.2, 0.25) is 5.02 Å². The molecule has 126 valence electrons. The maximum atomic E-state index is 12.2. The van der Waals surface area contributed by atoms with Gasteiger partial charge < -0.3 is 19.9 Å². The fourth-order valence-electron chi connectivity index (χ4n) is 2.75. The molecule has 0 bridgehead atoms. The molecule has 1 aromatic rings. The van der Waals surface area contributed by atoms with E-state index in [1.165, 1.54) is 0 Å². The minimum Gasteiger partial charge on any atom is -0.490 e. The van der Waals surface area contributed by atoms with Crippen molar-refractivity contribution in [2.45, 2.75) is 25.4 Å². The van der Waals surface area contributed by atoms with E-state index in [0.29, 0.717) is 48.3 Å². The number of carbonyl (C=O) groups excluding carboxylic acids is 1. The molecule has 0 spiro atoms. The molecule has 2 aliphatic rings. The number of nitrogens with one attached hydrogen (secondary N) is 1. The van der Waals surface area contributed by atoms with Crippen LogP contribution in [0.15, 0.2) is 12.1 Å². The van der Waals surface area contributed by atoms with Crippen LogP contribution in [0.3, 0.4) is 0 Å². The molecule has 6 nitrogen and oxygen atoms in total. The molecule has 1 saturated heterocycles. The fraction of sp³-hybridized carbons (Fsp3) is 0.562. The van der Waals surface area contributed by atoms with Crippen LogP contribution in [0.25, 0.3) is 0 Å². The van der Waals surface area contributed by atoms with Gasteiger partial charge in [0.2, 0.25) is 5.91 Å². The van der Waals surface area contributed by atoms with Crippen LogP contribution in [-0.4, -0.2) is 54.9 Å². The van der Waals surface area contributed by atoms with Crippen LogP contribution in [0.4, 0.5) is 5.69 Å². The van der Waals surface area contributed by atoms with E-state index in [1.54, 1.807) is 12.1 Å². The molecular formula is C16H21ClN2O4. The lowest BCUT2D eigenvalue weighted by atomic mass is 10.1. The fourth-order valence-corrected chi connectivity index (χ4v) is 2.95. The van der Waals surface area contributed by atoms with Gasteiger partial charge in [-0.2, -0.15) is 0 Å². The first-order chi connectivity index (χ1) is 11.1. The Labute approximate surface area is 140 Å². The van der Waals surface area contributed by atoms with E-state index in [9.17, 15) is 9.90 Å². The Kier molecular flexibility index (Phi) is 5.25. The lowest BCUT2D eigenvalue weighted by Crippen LogP contribution is -2.40. The minimum absolute atomic E-state index is 0.127. The Balaban J connectivity index is 1.63. The highest BCUT2D eigenvalue weighted by Crippen LogP contribution is 2.37. The molecule has 2 aliphatic heterocycles. The van der Waals surface area contributed by atoms with Crippen molar-refractivity contribution in [1.82, 2.24) is 4.90 Å². The van der Waals surface area contributed by atoms with Gasteiger partial charge in [0.15, 0.2) is 11.5 Å². The number of nitrogens with zero attached hydrogens (tertiary/aromatic N) is 1. The van der Waals surface area contributed by atoms with Crippen LogP contribution in [0.1, 0.15) is 19.3 Å². The monoisotopic (exact) mass is 340 g/mol. The molecule has 3 rings (SSSR count). The Morgan fingerprint density at radius 3 is 2.61 bits per heavy atom. The number of likely N-dealkylation sites (tertiary alicyclic amines) is 1. The molecule has 0 unspecified atom stereocenters. The number of hydrogen-bond acceptors (Lipinski definition) is 5. The number of benzene rings is 1. The van der Waals surface area contributed by atoms with E-state index in [1.807, 2.05) is 4.90 Å². The molecule has 0 saturated carbocycles. The quantitative estimate of drug-likeness (QED) is 0.879. The second-order valence-electron chi connectivity index (χ2n) is 5.88. The molecule has 0 aromatic heterocycles. The molecule has 1 amide bonds. The van der Waals surface area contributed by atoms with Crippen molar-refractivity contribution < 1.29 is 19.4 Å². The average molecular weight is 341 g/mol. The molecule has 23 heavy (non-hydrogen) atoms. The number of amides is 1. The highest BCUT2D eigenvalue weighted by molar-refractivity contribution is 6.34. The van der Waals surface area contributed by atoms with Gasteiger partial charge in [0, 0.05) is 31.6 Å². The SMILES string of the molecule is O=C(CN1CCC(O)CC1)Nc1cc2c(cc1Cl)OCCCO2. The first-order valence-electron chi connectivity index (χ1n) is 7.91. The third kappa shape index (κ3) is 4.28. The van der Waals surface area contributed by atoms with Gasteiger partial charge in [0.25, 0.3) is 0 Å². The summed E-state index contributed by atoms with van der Waals surface area (Å²) in [6.07, 6.45) is 1.98. The summed E-state index contributed by atoms with van der Waals surface area (Å²) in [7, 11) is 0. The number of piperidine rings is 1. The number of anilines is 1. The van der Waals surface area contributed by atoms with Crippen LogP contribution in [-0.2, 0) is 4.79 Å². The number of halogens is 1. The van der Waals surface area contributed by atoms with Gasteiger partial charge in [-0.1, -0.05) is 11.6 Å².